The van der Waals surface area contributed by atoms with E-state index >= 15 is 0 Å². The van der Waals surface area contributed by atoms with Crippen molar-refractivity contribution in [2.24, 2.45) is 0 Å². The van der Waals surface area contributed by atoms with E-state index in [0.29, 0.717) is 23.0 Å². The van der Waals surface area contributed by atoms with Gasteiger partial charge in [0, 0.05) is 29.7 Å². The minimum atomic E-state index is -0.363. The van der Waals surface area contributed by atoms with Crippen molar-refractivity contribution in [1.82, 2.24) is 9.97 Å². The van der Waals surface area contributed by atoms with E-state index in [9.17, 15) is 9.59 Å². The number of hydrogen-bond donors (Lipinski definition) is 3. The fourth-order valence-electron chi connectivity index (χ4n) is 2.65. The summed E-state index contributed by atoms with van der Waals surface area (Å²) in [7, 11) is 0. The number of rotatable bonds is 5. The maximum Gasteiger partial charge on any atom is 0.274 e. The number of carbonyl (C=O) groups excluding carboxylic acids is 2. The third-order valence-electron chi connectivity index (χ3n) is 3.92. The molecule has 1 heterocycles. The number of hydrogen-bond acceptors (Lipinski definition) is 5. The number of aromatic nitrogens is 2. The minimum absolute atomic E-state index is 0.179. The number of benzene rings is 2. The zero-order valence-corrected chi connectivity index (χ0v) is 15.9. The van der Waals surface area contributed by atoms with Gasteiger partial charge in [0.1, 0.15) is 5.69 Å². The van der Waals surface area contributed by atoms with E-state index in [0.717, 1.165) is 11.3 Å². The topological polar surface area (TPSA) is 96.0 Å². The lowest BCUT2D eigenvalue weighted by Crippen LogP contribution is -2.16. The lowest BCUT2D eigenvalue weighted by molar-refractivity contribution is -0.114. The van der Waals surface area contributed by atoms with Crippen LogP contribution in [-0.4, -0.2) is 21.8 Å². The van der Waals surface area contributed by atoms with E-state index in [1.54, 1.807) is 37.3 Å². The van der Waals surface area contributed by atoms with E-state index in [2.05, 4.69) is 25.9 Å². The van der Waals surface area contributed by atoms with Crippen LogP contribution in [0, 0.1) is 13.8 Å². The number of carbonyl (C=O) groups is 2. The fraction of sp³-hybridized carbons (Fsp3) is 0.143. The first kappa shape index (κ1) is 19.0. The Morgan fingerprint density at radius 3 is 2.29 bits per heavy atom. The Hall–Kier alpha value is -3.74. The summed E-state index contributed by atoms with van der Waals surface area (Å²) in [6.07, 6.45) is 0. The molecule has 0 spiro atoms. The van der Waals surface area contributed by atoms with Gasteiger partial charge in [-0.05, 0) is 49.7 Å². The highest BCUT2D eigenvalue weighted by molar-refractivity contribution is 6.03. The number of anilines is 4. The van der Waals surface area contributed by atoms with Gasteiger partial charge in [0.2, 0.25) is 11.9 Å². The minimum Gasteiger partial charge on any atom is -0.326 e. The molecule has 0 saturated carbocycles. The Labute approximate surface area is 163 Å². The first-order valence-electron chi connectivity index (χ1n) is 8.78. The molecule has 2 aromatic carbocycles. The van der Waals surface area contributed by atoms with E-state index in [-0.39, 0.29) is 17.5 Å². The third-order valence-corrected chi connectivity index (χ3v) is 3.92. The molecule has 0 aliphatic rings. The summed E-state index contributed by atoms with van der Waals surface area (Å²) in [5, 5.41) is 8.63. The molecular formula is C21H21N5O2. The predicted molar refractivity (Wildman–Crippen MR) is 110 cm³/mol. The Morgan fingerprint density at radius 2 is 1.57 bits per heavy atom. The highest BCUT2D eigenvalue weighted by Gasteiger charge is 2.12. The molecule has 2 amide bonds. The second-order valence-corrected chi connectivity index (χ2v) is 6.37. The number of nitrogens with zero attached hydrogens (tertiary/aromatic N) is 2. The summed E-state index contributed by atoms with van der Waals surface area (Å²) in [6.45, 7) is 5.21. The molecule has 0 unspecified atom stereocenters. The molecule has 142 valence electrons. The van der Waals surface area contributed by atoms with Gasteiger partial charge in [-0.1, -0.05) is 24.3 Å². The Morgan fingerprint density at radius 1 is 0.857 bits per heavy atom. The Kier molecular flexibility index (Phi) is 5.64. The molecule has 0 atom stereocenters. The largest absolute Gasteiger partial charge is 0.326 e. The van der Waals surface area contributed by atoms with Crippen molar-refractivity contribution in [3.8, 4) is 0 Å². The molecule has 3 rings (SSSR count). The van der Waals surface area contributed by atoms with Gasteiger partial charge >= 0.3 is 0 Å². The average Bonchev–Trinajstić information content (AvgIpc) is 2.63. The van der Waals surface area contributed by atoms with Gasteiger partial charge in [0.25, 0.3) is 5.91 Å². The van der Waals surface area contributed by atoms with Crippen molar-refractivity contribution in [3.63, 3.8) is 0 Å². The van der Waals surface area contributed by atoms with Gasteiger partial charge in [-0.2, -0.15) is 0 Å². The molecule has 3 aromatic rings. The molecule has 0 bridgehead atoms. The van der Waals surface area contributed by atoms with Gasteiger partial charge in [-0.25, -0.2) is 9.97 Å². The van der Waals surface area contributed by atoms with Crippen LogP contribution in [0.3, 0.4) is 0 Å². The van der Waals surface area contributed by atoms with Crippen molar-refractivity contribution in [2.75, 3.05) is 16.0 Å². The molecule has 0 aliphatic carbocycles. The monoisotopic (exact) mass is 375 g/mol. The molecule has 7 nitrogen and oxygen atoms in total. The van der Waals surface area contributed by atoms with E-state index in [1.807, 2.05) is 31.2 Å². The van der Waals surface area contributed by atoms with E-state index in [4.69, 9.17) is 0 Å². The lowest BCUT2D eigenvalue weighted by atomic mass is 10.2. The molecule has 0 radical (unpaired) electrons. The molecule has 0 aliphatic heterocycles. The smallest absolute Gasteiger partial charge is 0.274 e. The summed E-state index contributed by atoms with van der Waals surface area (Å²) < 4.78 is 0. The van der Waals surface area contributed by atoms with Crippen LogP contribution in [0.1, 0.15) is 28.7 Å². The van der Waals surface area contributed by atoms with Crippen LogP contribution in [0.2, 0.25) is 0 Å². The van der Waals surface area contributed by atoms with Gasteiger partial charge in [-0.15, -0.1) is 0 Å². The molecule has 7 heteroatoms. The average molecular weight is 375 g/mol. The van der Waals surface area contributed by atoms with Crippen molar-refractivity contribution in [1.29, 1.82) is 0 Å². The molecule has 28 heavy (non-hydrogen) atoms. The highest BCUT2D eigenvalue weighted by atomic mass is 16.2. The maximum absolute atomic E-state index is 12.7. The summed E-state index contributed by atoms with van der Waals surface area (Å²) >= 11 is 0. The van der Waals surface area contributed by atoms with Crippen LogP contribution in [0.4, 0.5) is 23.0 Å². The maximum atomic E-state index is 12.7. The summed E-state index contributed by atoms with van der Waals surface area (Å²) in [4.78, 5) is 32.5. The van der Waals surface area contributed by atoms with Crippen LogP contribution in [-0.2, 0) is 4.79 Å². The second-order valence-electron chi connectivity index (χ2n) is 6.37. The molecule has 3 N–H and O–H groups in total. The Balaban J connectivity index is 1.80. The van der Waals surface area contributed by atoms with Crippen LogP contribution in [0.15, 0.2) is 54.6 Å². The predicted octanol–water partition coefficient (Wildman–Crippen LogP) is 4.05. The zero-order chi connectivity index (χ0) is 20.1. The fourth-order valence-corrected chi connectivity index (χ4v) is 2.65. The van der Waals surface area contributed by atoms with Crippen LogP contribution in [0.5, 0.6) is 0 Å². The Bertz CT molecular complexity index is 1030. The first-order valence-corrected chi connectivity index (χ1v) is 8.78. The van der Waals surface area contributed by atoms with Gasteiger partial charge in [0.15, 0.2) is 0 Å². The normalized spacial score (nSPS) is 10.2. The van der Waals surface area contributed by atoms with Crippen molar-refractivity contribution in [2.45, 2.75) is 20.8 Å². The van der Waals surface area contributed by atoms with Crippen LogP contribution >= 0.6 is 0 Å². The molecule has 0 fully saturated rings. The first-order chi connectivity index (χ1) is 13.4. The molecule has 1 aromatic heterocycles. The SMILES string of the molecule is CC(=O)Nc1cccc(NC(=O)c2cc(C)nc(Nc3ccccc3C)n2)c1. The molecular weight excluding hydrogens is 354 g/mol. The van der Waals surface area contributed by atoms with E-state index < -0.39 is 0 Å². The standard InChI is InChI=1S/C21H21N5O2/c1-13-7-4-5-10-18(13)25-21-22-14(2)11-19(26-21)20(28)24-17-9-6-8-16(12-17)23-15(3)27/h4-12H,1-3H3,(H,23,27)(H,24,28)(H,22,25,26). The number of nitrogens with one attached hydrogen (secondary N) is 3. The number of para-hydroxylation sites is 1. The van der Waals surface area contributed by atoms with Crippen molar-refractivity contribution in [3.05, 3.63) is 71.5 Å². The highest BCUT2D eigenvalue weighted by Crippen LogP contribution is 2.19. The zero-order valence-electron chi connectivity index (χ0n) is 15.9. The summed E-state index contributed by atoms with van der Waals surface area (Å²) in [5.74, 6) is -0.188. The van der Waals surface area contributed by atoms with Crippen molar-refractivity contribution < 1.29 is 9.59 Å². The van der Waals surface area contributed by atoms with Crippen molar-refractivity contribution >= 4 is 34.8 Å². The number of aryl methyl sites for hydroxylation is 2. The quantitative estimate of drug-likeness (QED) is 0.625. The lowest BCUT2D eigenvalue weighted by Gasteiger charge is -2.11. The van der Waals surface area contributed by atoms with Gasteiger partial charge in [0.05, 0.1) is 0 Å². The number of amides is 2. The van der Waals surface area contributed by atoms with Crippen LogP contribution in [0.25, 0.3) is 0 Å². The van der Waals surface area contributed by atoms with Gasteiger partial charge in [-0.3, -0.25) is 9.59 Å². The summed E-state index contributed by atoms with van der Waals surface area (Å²) in [6, 6.07) is 16.3. The van der Waals surface area contributed by atoms with Gasteiger partial charge < -0.3 is 16.0 Å². The molecule has 0 saturated heterocycles. The van der Waals surface area contributed by atoms with E-state index in [1.165, 1.54) is 6.92 Å². The second kappa shape index (κ2) is 8.30. The third kappa shape index (κ3) is 4.91. The van der Waals surface area contributed by atoms with Crippen LogP contribution < -0.4 is 16.0 Å². The summed E-state index contributed by atoms with van der Waals surface area (Å²) in [5.41, 5.74) is 4.00.